The summed E-state index contributed by atoms with van der Waals surface area (Å²) in [6, 6.07) is 51.4. The maximum Gasteiger partial charge on any atom is 0.352 e. The van der Waals surface area contributed by atoms with Gasteiger partial charge in [0.05, 0.1) is 0 Å². The predicted molar refractivity (Wildman–Crippen MR) is 276 cm³/mol. The van der Waals surface area contributed by atoms with Crippen LogP contribution in [0, 0.1) is 0 Å². The number of aliphatic carboxylic acids is 1. The van der Waals surface area contributed by atoms with Crippen LogP contribution in [0.5, 0.6) is 0 Å². The van der Waals surface area contributed by atoms with Crippen molar-refractivity contribution in [3.63, 3.8) is 0 Å². The van der Waals surface area contributed by atoms with Crippen molar-refractivity contribution in [2.75, 3.05) is 16.8 Å². The van der Waals surface area contributed by atoms with E-state index in [1.165, 1.54) is 46.7 Å². The second-order valence-corrected chi connectivity index (χ2v) is 19.6. The number of carbonyl (C=O) groups excluding carboxylic acids is 3. The Kier molecular flexibility index (Phi) is 15.1. The molecule has 13 nitrogen and oxygen atoms in total. The van der Waals surface area contributed by atoms with Gasteiger partial charge >= 0.3 is 11.9 Å². The van der Waals surface area contributed by atoms with Crippen molar-refractivity contribution >= 4 is 69.5 Å². The molecule has 2 aliphatic heterocycles. The number of nitrogens with one attached hydrogen (secondary N) is 2. The summed E-state index contributed by atoms with van der Waals surface area (Å²) < 4.78 is 8.09. The molecule has 3 N–H and O–H groups in total. The van der Waals surface area contributed by atoms with Crippen LogP contribution in [0.15, 0.2) is 203 Å². The highest BCUT2D eigenvalue weighted by Gasteiger charge is 2.54. The summed E-state index contributed by atoms with van der Waals surface area (Å²) in [6.07, 6.45) is 1.87. The van der Waals surface area contributed by atoms with Crippen molar-refractivity contribution < 1.29 is 38.4 Å². The number of aromatic nitrogens is 2. The number of β-lactam (4-membered cyclic amide) rings is 1. The van der Waals surface area contributed by atoms with Gasteiger partial charge < -0.3 is 25.3 Å². The monoisotopic (exact) mass is 1000 g/mol. The molecule has 2 aliphatic rings. The molecular formula is C55H49N6O7S3+. The Bertz CT molecular complexity index is 2920. The van der Waals surface area contributed by atoms with E-state index in [9.17, 15) is 24.3 Å². The zero-order valence-corrected chi connectivity index (χ0v) is 41.1. The van der Waals surface area contributed by atoms with E-state index in [-0.39, 0.29) is 17.1 Å². The highest BCUT2D eigenvalue weighted by Crippen LogP contribution is 2.43. The van der Waals surface area contributed by atoms with Crippen molar-refractivity contribution in [1.82, 2.24) is 15.2 Å². The summed E-state index contributed by atoms with van der Waals surface area (Å²) >= 11 is 4.09. The van der Waals surface area contributed by atoms with E-state index < -0.39 is 52.9 Å². The molecule has 0 aliphatic carbocycles. The van der Waals surface area contributed by atoms with Gasteiger partial charge in [-0.1, -0.05) is 157 Å². The second kappa shape index (κ2) is 22.0. The number of nitrogens with zero attached hydrogens (tertiary/aromatic N) is 4. The third kappa shape index (κ3) is 10.5. The molecule has 1 saturated heterocycles. The van der Waals surface area contributed by atoms with E-state index >= 15 is 0 Å². The van der Waals surface area contributed by atoms with Gasteiger partial charge in [-0.3, -0.25) is 14.5 Å². The van der Waals surface area contributed by atoms with Crippen molar-refractivity contribution in [2.45, 2.75) is 54.5 Å². The Morgan fingerprint density at radius 2 is 1.37 bits per heavy atom. The average Bonchev–Trinajstić information content (AvgIpc) is 3.89. The fraction of sp³-hybridized carbons (Fsp3) is 0.182. The number of anilines is 1. The number of thiazole rings is 1. The third-order valence-corrected chi connectivity index (χ3v) is 15.3. The molecule has 0 saturated carbocycles. The number of amides is 2. The van der Waals surface area contributed by atoms with Gasteiger partial charge in [0.2, 0.25) is 6.10 Å². The fourth-order valence-corrected chi connectivity index (χ4v) is 11.6. The van der Waals surface area contributed by atoms with E-state index in [4.69, 9.17) is 14.6 Å². The number of carbonyl (C=O) groups is 4. The van der Waals surface area contributed by atoms with Crippen LogP contribution in [0.4, 0.5) is 5.13 Å². The second-order valence-electron chi connectivity index (χ2n) is 16.6. The maximum atomic E-state index is 14.6. The lowest BCUT2D eigenvalue weighted by Gasteiger charge is -2.49. The van der Waals surface area contributed by atoms with Gasteiger partial charge in [-0.25, -0.2) is 19.1 Å². The molecule has 2 aromatic heterocycles. The highest BCUT2D eigenvalue weighted by atomic mass is 32.2. The van der Waals surface area contributed by atoms with E-state index in [1.54, 1.807) is 5.38 Å². The van der Waals surface area contributed by atoms with E-state index in [2.05, 4.69) is 15.8 Å². The summed E-state index contributed by atoms with van der Waals surface area (Å²) in [6.45, 7) is 4.34. The Labute approximate surface area is 423 Å². The van der Waals surface area contributed by atoms with Crippen molar-refractivity contribution in [3.8, 4) is 0 Å². The lowest BCUT2D eigenvalue weighted by Crippen LogP contribution is -2.71. The number of oxime groups is 1. The Balaban J connectivity index is 1.01. The molecule has 4 heterocycles. The van der Waals surface area contributed by atoms with Crippen molar-refractivity contribution in [3.05, 3.63) is 226 Å². The normalized spacial score (nSPS) is 16.1. The number of rotatable bonds is 19. The molecule has 5 aromatic carbocycles. The van der Waals surface area contributed by atoms with Gasteiger partial charge in [-0.2, -0.15) is 0 Å². The molecule has 0 spiro atoms. The van der Waals surface area contributed by atoms with Crippen molar-refractivity contribution in [1.29, 1.82) is 0 Å². The van der Waals surface area contributed by atoms with Crippen LogP contribution in [0.2, 0.25) is 0 Å². The lowest BCUT2D eigenvalue weighted by molar-refractivity contribution is -0.693. The minimum absolute atomic E-state index is 0.0841. The summed E-state index contributed by atoms with van der Waals surface area (Å²) in [5, 5.41) is 22.6. The molecule has 71 heavy (non-hydrogen) atoms. The third-order valence-electron chi connectivity index (χ3n) is 12.1. The number of carboxylic acid groups (broad SMARTS) is 1. The van der Waals surface area contributed by atoms with E-state index in [1.807, 2.05) is 188 Å². The molecule has 0 radical (unpaired) electrons. The topological polar surface area (TPSA) is 163 Å². The fourth-order valence-electron chi connectivity index (χ4n) is 8.48. The zero-order valence-electron chi connectivity index (χ0n) is 38.7. The molecular weight excluding hydrogens is 953 g/mol. The maximum absolute atomic E-state index is 14.6. The van der Waals surface area contributed by atoms with Gasteiger partial charge in [0.1, 0.15) is 34.9 Å². The number of hydrogen-bond acceptors (Lipinski definition) is 12. The first kappa shape index (κ1) is 48.5. The number of thioether (sulfide) groups is 2. The first-order valence-electron chi connectivity index (χ1n) is 22.9. The number of esters is 1. The smallest absolute Gasteiger partial charge is 0.352 e. The van der Waals surface area contributed by atoms with Crippen LogP contribution < -0.4 is 15.2 Å². The number of benzene rings is 5. The van der Waals surface area contributed by atoms with E-state index in [0.717, 1.165) is 39.3 Å². The number of fused-ring (bicyclic) bond motifs is 1. The van der Waals surface area contributed by atoms with Crippen LogP contribution in [0.1, 0.15) is 53.5 Å². The summed E-state index contributed by atoms with van der Waals surface area (Å²) in [4.78, 5) is 68.2. The first-order chi connectivity index (χ1) is 34.6. The molecule has 3 atom stereocenters. The molecule has 9 rings (SSSR count). The predicted octanol–water partition coefficient (Wildman–Crippen LogP) is 8.83. The molecule has 7 aromatic rings. The number of ether oxygens (including phenoxy) is 1. The molecule has 0 bridgehead atoms. The number of hydrogen-bond donors (Lipinski definition) is 3. The minimum atomic E-state index is -1.30. The van der Waals surface area contributed by atoms with Gasteiger partial charge in [-0.15, -0.1) is 34.9 Å². The number of aryl methyl sites for hydroxylation is 1. The van der Waals surface area contributed by atoms with Crippen LogP contribution >= 0.6 is 34.9 Å². The largest absolute Gasteiger partial charge is 0.477 e. The Morgan fingerprint density at radius 3 is 1.89 bits per heavy atom. The van der Waals surface area contributed by atoms with Gasteiger partial charge in [-0.05, 0) is 47.2 Å². The zero-order chi connectivity index (χ0) is 49.3. The summed E-state index contributed by atoms with van der Waals surface area (Å²) in [5.41, 5.74) is 3.64. The quantitative estimate of drug-likeness (QED) is 0.0135. The summed E-state index contributed by atoms with van der Waals surface area (Å²) in [5.74, 6) is -2.66. The van der Waals surface area contributed by atoms with E-state index in [0.29, 0.717) is 22.2 Å². The van der Waals surface area contributed by atoms with Gasteiger partial charge in [0.25, 0.3) is 11.8 Å². The van der Waals surface area contributed by atoms with Crippen LogP contribution in [0.25, 0.3) is 0 Å². The average molecular weight is 1000 g/mol. The SMILES string of the molecule is CC[n+]1ccc(SCC2=C(C(=O)O)N3C(=O)[C@@H](NC(=O)/C(=N\O[C@@H](C)C(=O)OC(c4ccccc4)c4ccccc4)c4csc(NC(c5ccccc5)(c5ccccc5)c5ccccc5)n4)[C@H]3SC2)cc1. The Hall–Kier alpha value is -7.53. The first-order valence-corrected chi connectivity index (χ1v) is 25.8. The number of pyridine rings is 1. The molecule has 1 fully saturated rings. The van der Waals surface area contributed by atoms with Crippen molar-refractivity contribution in [2.24, 2.45) is 5.16 Å². The molecule has 0 unspecified atom stereocenters. The van der Waals surface area contributed by atoms with Crippen LogP contribution in [-0.2, 0) is 40.8 Å². The lowest BCUT2D eigenvalue weighted by atomic mass is 9.77. The molecule has 16 heteroatoms. The number of carboxylic acids is 1. The van der Waals surface area contributed by atoms with Crippen LogP contribution in [-0.4, -0.2) is 73.5 Å². The van der Waals surface area contributed by atoms with Gasteiger partial charge in [0, 0.05) is 33.9 Å². The van der Waals surface area contributed by atoms with Crippen LogP contribution in [0.3, 0.4) is 0 Å². The molecule has 2 amide bonds. The van der Waals surface area contributed by atoms with Gasteiger partial charge in [0.15, 0.2) is 29.3 Å². The minimum Gasteiger partial charge on any atom is -0.477 e. The molecule has 358 valence electrons. The Morgan fingerprint density at radius 1 is 0.831 bits per heavy atom. The highest BCUT2D eigenvalue weighted by molar-refractivity contribution is 8.01. The standard InChI is InChI=1S/C55H48N6O7S3/c1-3-60-31-29-43(30-32-60)69-33-39-34-70-51-46(50(63)61(51)47(39)52(64)65)57-49(62)45(59-68-36(2)53(66)67-48(37-19-9-4-10-20-37)38-21-11-5-12-22-38)44-35-71-54(56-44)58-55(40-23-13-6-14-24-40,41-25-15-7-16-26-41)42-27-17-8-18-28-42/h4-32,35-36,46,48,51H,3,33-34H2,1-2H3,(H2-,56,57,58,62,64,65)/p+1/b59-45-/t36-,46+,51+/m0/s1. The summed E-state index contributed by atoms with van der Waals surface area (Å²) in [7, 11) is 0.